The molecule has 0 aliphatic heterocycles. The van der Waals surface area contributed by atoms with Gasteiger partial charge in [-0.15, -0.1) is 0 Å². The summed E-state index contributed by atoms with van der Waals surface area (Å²) in [4.78, 5) is 13.7. The molecule has 6 aromatic rings. The average Bonchev–Trinajstić information content (AvgIpc) is 3.39. The number of nitrogens with zero attached hydrogens (tertiary/aromatic N) is 4. The van der Waals surface area contributed by atoms with E-state index in [0.29, 0.717) is 27.4 Å². The van der Waals surface area contributed by atoms with Crippen LogP contribution < -0.4 is 10.5 Å². The lowest BCUT2D eigenvalue weighted by Gasteiger charge is -2.05. The third-order valence-electron chi connectivity index (χ3n) is 5.62. The summed E-state index contributed by atoms with van der Waals surface area (Å²) in [6, 6.07) is 17.2. The molecule has 0 radical (unpaired) electrons. The molecule has 0 aliphatic carbocycles. The molecular weight excluding hydrogens is 489 g/mol. The van der Waals surface area contributed by atoms with Gasteiger partial charge in [0.2, 0.25) is 9.84 Å². The normalized spacial score (nSPS) is 12.1. The van der Waals surface area contributed by atoms with Gasteiger partial charge in [0.25, 0.3) is 0 Å². The van der Waals surface area contributed by atoms with Crippen molar-refractivity contribution in [2.45, 2.75) is 9.79 Å². The number of halogens is 1. The number of hydrogen-bond acceptors (Lipinski definition) is 8. The topological polar surface area (TPSA) is 113 Å². The minimum atomic E-state index is -4.17. The number of ether oxygens (including phenoxy) is 1. The number of rotatable bonds is 4. The lowest BCUT2D eigenvalue weighted by Crippen LogP contribution is -2.07. The van der Waals surface area contributed by atoms with E-state index in [0.717, 1.165) is 16.8 Å². The van der Waals surface area contributed by atoms with E-state index in [1.54, 1.807) is 31.4 Å². The van der Waals surface area contributed by atoms with E-state index in [9.17, 15) is 12.8 Å². The van der Waals surface area contributed by atoms with Crippen LogP contribution in [0.5, 0.6) is 5.75 Å². The minimum Gasteiger partial charge on any atom is -0.497 e. The lowest BCUT2D eigenvalue weighted by molar-refractivity contribution is 0.415. The number of anilines is 1. The quantitative estimate of drug-likeness (QED) is 0.344. The van der Waals surface area contributed by atoms with Crippen molar-refractivity contribution in [2.24, 2.45) is 0 Å². The van der Waals surface area contributed by atoms with Crippen molar-refractivity contribution >= 4 is 59.4 Å². The molecular formula is C24H16FN5O3S2. The van der Waals surface area contributed by atoms with E-state index in [2.05, 4.69) is 9.97 Å². The molecule has 3 aromatic carbocycles. The number of methoxy groups -OCH3 is 1. The van der Waals surface area contributed by atoms with Crippen molar-refractivity contribution in [1.29, 1.82) is 0 Å². The van der Waals surface area contributed by atoms with Gasteiger partial charge in [0.1, 0.15) is 27.8 Å². The van der Waals surface area contributed by atoms with Crippen LogP contribution in [0.1, 0.15) is 0 Å². The molecule has 6 rings (SSSR count). The number of aromatic nitrogens is 4. The van der Waals surface area contributed by atoms with E-state index in [4.69, 9.17) is 15.5 Å². The second kappa shape index (κ2) is 7.72. The first-order chi connectivity index (χ1) is 16.9. The van der Waals surface area contributed by atoms with Gasteiger partial charge < -0.3 is 10.5 Å². The van der Waals surface area contributed by atoms with Gasteiger partial charge in [-0.2, -0.15) is 0 Å². The predicted octanol–water partition coefficient (Wildman–Crippen LogP) is 4.75. The maximum Gasteiger partial charge on any atom is 0.212 e. The molecule has 174 valence electrons. The maximum atomic E-state index is 13.7. The van der Waals surface area contributed by atoms with Crippen LogP contribution in [0.15, 0.2) is 76.5 Å². The fourth-order valence-corrected chi connectivity index (χ4v) is 6.44. The van der Waals surface area contributed by atoms with Crippen molar-refractivity contribution in [1.82, 2.24) is 19.5 Å². The Morgan fingerprint density at radius 1 is 0.943 bits per heavy atom. The summed E-state index contributed by atoms with van der Waals surface area (Å²) in [7, 11) is -2.59. The third kappa shape index (κ3) is 3.31. The summed E-state index contributed by atoms with van der Waals surface area (Å²) in [5, 5.41) is 0.431. The van der Waals surface area contributed by atoms with Gasteiger partial charge in [-0.1, -0.05) is 23.5 Å². The van der Waals surface area contributed by atoms with E-state index in [1.165, 1.54) is 28.0 Å². The molecule has 0 bridgehead atoms. The molecule has 0 spiro atoms. The first kappa shape index (κ1) is 21.4. The Labute approximate surface area is 202 Å². The van der Waals surface area contributed by atoms with Crippen LogP contribution in [-0.2, 0) is 9.84 Å². The number of para-hydroxylation sites is 2. The lowest BCUT2D eigenvalue weighted by atomic mass is 10.3. The number of benzene rings is 3. The SMILES string of the molecule is COc1ccc2nc(-n3c(N)c(S(=O)(=O)c4ccc(F)cc4)c4nc5ccccc5nc43)sc2c1. The fraction of sp³-hybridized carbons (Fsp3) is 0.0417. The second-order valence-electron chi connectivity index (χ2n) is 7.72. The zero-order valence-corrected chi connectivity index (χ0v) is 19.8. The molecule has 35 heavy (non-hydrogen) atoms. The largest absolute Gasteiger partial charge is 0.497 e. The van der Waals surface area contributed by atoms with Crippen molar-refractivity contribution in [3.63, 3.8) is 0 Å². The number of thiazole rings is 1. The number of sulfone groups is 1. The van der Waals surface area contributed by atoms with Gasteiger partial charge in [0.05, 0.1) is 33.3 Å². The minimum absolute atomic E-state index is 0.0781. The van der Waals surface area contributed by atoms with Gasteiger partial charge >= 0.3 is 0 Å². The highest BCUT2D eigenvalue weighted by Gasteiger charge is 2.31. The van der Waals surface area contributed by atoms with Crippen LogP contribution in [0, 0.1) is 5.82 Å². The molecule has 0 saturated heterocycles. The Balaban J connectivity index is 1.70. The Morgan fingerprint density at radius 2 is 1.66 bits per heavy atom. The van der Waals surface area contributed by atoms with Gasteiger partial charge in [-0.3, -0.25) is 4.57 Å². The summed E-state index contributed by atoms with van der Waals surface area (Å²) in [6.07, 6.45) is 0. The average molecular weight is 506 g/mol. The Bertz CT molecular complexity index is 1880. The Hall–Kier alpha value is -4.09. The summed E-state index contributed by atoms with van der Waals surface area (Å²) < 4.78 is 48.5. The summed E-state index contributed by atoms with van der Waals surface area (Å²) >= 11 is 1.32. The van der Waals surface area contributed by atoms with Crippen LogP contribution in [0.25, 0.3) is 37.5 Å². The number of hydrogen-bond donors (Lipinski definition) is 1. The van der Waals surface area contributed by atoms with Crippen LogP contribution in [0.4, 0.5) is 10.2 Å². The zero-order chi connectivity index (χ0) is 24.3. The van der Waals surface area contributed by atoms with Crippen molar-refractivity contribution in [2.75, 3.05) is 12.8 Å². The molecule has 11 heteroatoms. The molecule has 0 atom stereocenters. The molecule has 0 aliphatic rings. The van der Waals surface area contributed by atoms with Crippen LogP contribution >= 0.6 is 11.3 Å². The highest BCUT2D eigenvalue weighted by atomic mass is 32.2. The van der Waals surface area contributed by atoms with Gasteiger partial charge in [0, 0.05) is 0 Å². The fourth-order valence-electron chi connectivity index (χ4n) is 3.94. The van der Waals surface area contributed by atoms with Crippen molar-refractivity contribution in [3.05, 3.63) is 72.5 Å². The Kier molecular flexibility index (Phi) is 4.73. The van der Waals surface area contributed by atoms with Crippen molar-refractivity contribution in [3.8, 4) is 10.9 Å². The van der Waals surface area contributed by atoms with Gasteiger partial charge in [-0.05, 0) is 54.6 Å². The van der Waals surface area contributed by atoms with E-state index in [-0.39, 0.29) is 26.8 Å². The number of fused-ring (bicyclic) bond motifs is 3. The second-order valence-corrected chi connectivity index (χ2v) is 10.6. The highest BCUT2D eigenvalue weighted by molar-refractivity contribution is 7.92. The molecule has 0 fully saturated rings. The first-order valence-electron chi connectivity index (χ1n) is 10.4. The van der Waals surface area contributed by atoms with E-state index < -0.39 is 15.7 Å². The van der Waals surface area contributed by atoms with Crippen LogP contribution in [0.2, 0.25) is 0 Å². The maximum absolute atomic E-state index is 13.7. The molecule has 8 nitrogen and oxygen atoms in total. The molecule has 0 amide bonds. The standard InChI is InChI=1S/C24H16FN5O3S2/c1-33-14-8-11-18-19(12-14)34-24(29-18)30-22(26)21(35(31,32)15-9-6-13(25)7-10-15)20-23(30)28-17-5-3-2-4-16(17)27-20/h2-12H,26H2,1H3. The molecule has 0 unspecified atom stereocenters. The third-order valence-corrected chi connectivity index (χ3v) is 8.46. The number of nitrogen functional groups attached to an aromatic ring is 1. The predicted molar refractivity (Wildman–Crippen MR) is 132 cm³/mol. The molecule has 3 heterocycles. The monoisotopic (exact) mass is 505 g/mol. The molecule has 3 aromatic heterocycles. The van der Waals surface area contributed by atoms with E-state index >= 15 is 0 Å². The van der Waals surface area contributed by atoms with E-state index in [1.807, 2.05) is 18.2 Å². The molecule has 0 saturated carbocycles. The first-order valence-corrected chi connectivity index (χ1v) is 12.7. The van der Waals surface area contributed by atoms with Gasteiger partial charge in [-0.25, -0.2) is 27.8 Å². The van der Waals surface area contributed by atoms with Crippen molar-refractivity contribution < 1.29 is 17.5 Å². The summed E-state index contributed by atoms with van der Waals surface area (Å²) in [6.45, 7) is 0. The van der Waals surface area contributed by atoms with Crippen LogP contribution in [-0.4, -0.2) is 35.0 Å². The summed E-state index contributed by atoms with van der Waals surface area (Å²) in [5.74, 6) is 0.0455. The van der Waals surface area contributed by atoms with Gasteiger partial charge in [0.15, 0.2) is 10.8 Å². The van der Waals surface area contributed by atoms with Crippen LogP contribution in [0.3, 0.4) is 0 Å². The smallest absolute Gasteiger partial charge is 0.212 e. The zero-order valence-electron chi connectivity index (χ0n) is 18.1. The number of nitrogens with two attached hydrogens (primary N) is 1. The Morgan fingerprint density at radius 3 is 2.37 bits per heavy atom. The summed E-state index contributed by atoms with van der Waals surface area (Å²) in [5.41, 5.74) is 8.67. The highest BCUT2D eigenvalue weighted by Crippen LogP contribution is 2.39. The molecule has 2 N–H and O–H groups in total.